The number of benzene rings is 1. The highest BCUT2D eigenvalue weighted by atomic mass is 35.5. The van der Waals surface area contributed by atoms with Crippen molar-refractivity contribution in [1.82, 2.24) is 5.06 Å². The average molecular weight is 317 g/mol. The fourth-order valence-corrected chi connectivity index (χ4v) is 1.67. The van der Waals surface area contributed by atoms with E-state index in [9.17, 15) is 4.79 Å². The van der Waals surface area contributed by atoms with E-state index in [1.165, 1.54) is 5.06 Å². The van der Waals surface area contributed by atoms with Crippen molar-refractivity contribution >= 4 is 40.6 Å². The molecule has 0 saturated carbocycles. The lowest BCUT2D eigenvalue weighted by Crippen LogP contribution is -2.33. The van der Waals surface area contributed by atoms with Gasteiger partial charge in [0.25, 0.3) is 0 Å². The summed E-state index contributed by atoms with van der Waals surface area (Å²) in [6, 6.07) is 5.45. The van der Waals surface area contributed by atoms with Crippen molar-refractivity contribution in [3.63, 3.8) is 0 Å². The molecular weight excluding hydrogens is 300 g/mol. The number of rotatable bonds is 5. The second kappa shape index (κ2) is 8.04. The van der Waals surface area contributed by atoms with Gasteiger partial charge in [0, 0.05) is 17.8 Å². The summed E-state index contributed by atoms with van der Waals surface area (Å²) in [5.74, 6) is -0.443. The number of hydroxylamine groups is 2. The fraction of sp³-hybridized carbons (Fsp3) is 0.385. The fourth-order valence-electron chi connectivity index (χ4n) is 1.33. The van der Waals surface area contributed by atoms with Gasteiger partial charge < -0.3 is 10.1 Å². The predicted octanol–water partition coefficient (Wildman–Crippen LogP) is 2.77. The van der Waals surface area contributed by atoms with E-state index in [0.717, 1.165) is 11.3 Å². The summed E-state index contributed by atoms with van der Waals surface area (Å²) in [6.45, 7) is 3.79. The van der Waals surface area contributed by atoms with Gasteiger partial charge in [-0.1, -0.05) is 17.7 Å². The van der Waals surface area contributed by atoms with Crippen LogP contribution in [0.5, 0.6) is 0 Å². The number of nitrogens with zero attached hydrogens (tertiary/aromatic N) is 1. The van der Waals surface area contributed by atoms with Crippen LogP contribution in [0.1, 0.15) is 12.5 Å². The van der Waals surface area contributed by atoms with Gasteiger partial charge in [-0.3, -0.25) is 4.84 Å². The van der Waals surface area contributed by atoms with Gasteiger partial charge >= 0.3 is 5.97 Å². The molecule has 5 nitrogen and oxygen atoms in total. The first-order chi connectivity index (χ1) is 9.43. The molecular formula is C13H17ClN2O3S. The molecule has 0 aliphatic heterocycles. The molecule has 1 aromatic carbocycles. The maximum Gasteiger partial charge on any atom is 0.334 e. The highest BCUT2D eigenvalue weighted by Crippen LogP contribution is 2.20. The third-order valence-corrected chi connectivity index (χ3v) is 3.00. The Hall–Kier alpha value is -1.37. The van der Waals surface area contributed by atoms with Crippen LogP contribution in [0.15, 0.2) is 18.2 Å². The van der Waals surface area contributed by atoms with E-state index < -0.39 is 5.97 Å². The van der Waals surface area contributed by atoms with Crippen molar-refractivity contribution in [3.8, 4) is 0 Å². The summed E-state index contributed by atoms with van der Waals surface area (Å²) in [6.07, 6.45) is 0. The van der Waals surface area contributed by atoms with Crippen LogP contribution in [0.2, 0.25) is 5.02 Å². The maximum atomic E-state index is 11.2. The van der Waals surface area contributed by atoms with E-state index in [0.29, 0.717) is 16.7 Å². The Bertz CT molecular complexity index is 497. The van der Waals surface area contributed by atoms with Gasteiger partial charge in [0.15, 0.2) is 11.7 Å². The third kappa shape index (κ3) is 5.32. The molecule has 1 N–H and O–H groups in total. The number of ether oxygens (including phenoxy) is 1. The number of thiocarbonyl (C=S) groups is 1. The molecule has 1 rings (SSSR count). The molecule has 0 heterocycles. The zero-order valence-electron chi connectivity index (χ0n) is 11.6. The first-order valence-electron chi connectivity index (χ1n) is 6.03. The Kier molecular flexibility index (Phi) is 6.70. The normalized spacial score (nSPS) is 10.0. The molecule has 0 spiro atoms. The lowest BCUT2D eigenvalue weighted by molar-refractivity contribution is -0.161. The monoisotopic (exact) mass is 316 g/mol. The number of halogens is 1. The van der Waals surface area contributed by atoms with Crippen molar-refractivity contribution in [3.05, 3.63) is 28.8 Å². The van der Waals surface area contributed by atoms with Crippen LogP contribution in [0.25, 0.3) is 0 Å². The Morgan fingerprint density at radius 1 is 1.50 bits per heavy atom. The molecule has 0 radical (unpaired) electrons. The Morgan fingerprint density at radius 3 is 2.85 bits per heavy atom. The number of carbonyl (C=O) groups is 1. The molecule has 0 atom stereocenters. The number of esters is 1. The minimum atomic E-state index is -0.443. The van der Waals surface area contributed by atoms with Crippen molar-refractivity contribution in [1.29, 1.82) is 0 Å². The highest BCUT2D eigenvalue weighted by Gasteiger charge is 2.10. The smallest absolute Gasteiger partial charge is 0.334 e. The van der Waals surface area contributed by atoms with Crippen LogP contribution < -0.4 is 5.32 Å². The van der Waals surface area contributed by atoms with Crippen LogP contribution in [0, 0.1) is 6.92 Å². The predicted molar refractivity (Wildman–Crippen MR) is 82.8 cm³/mol. The van der Waals surface area contributed by atoms with Crippen molar-refractivity contribution in [2.75, 3.05) is 25.6 Å². The average Bonchev–Trinajstić information content (AvgIpc) is 2.40. The first-order valence-corrected chi connectivity index (χ1v) is 6.82. The van der Waals surface area contributed by atoms with Gasteiger partial charge in [-0.2, -0.15) is 0 Å². The Labute approximate surface area is 128 Å². The summed E-state index contributed by atoms with van der Waals surface area (Å²) >= 11 is 11.1. The van der Waals surface area contributed by atoms with Gasteiger partial charge in [-0.25, -0.2) is 9.86 Å². The van der Waals surface area contributed by atoms with Crippen LogP contribution in [0.4, 0.5) is 5.69 Å². The maximum absolute atomic E-state index is 11.2. The Balaban J connectivity index is 2.53. The minimum absolute atomic E-state index is 0.194. The SMILES string of the molecule is CCOC(=O)CON(C)C(=S)Nc1cc(Cl)ccc1C. The van der Waals surface area contributed by atoms with E-state index in [4.69, 9.17) is 33.4 Å². The molecule has 0 unspecified atom stereocenters. The van der Waals surface area contributed by atoms with Crippen LogP contribution >= 0.6 is 23.8 Å². The summed E-state index contributed by atoms with van der Waals surface area (Å²) < 4.78 is 4.75. The number of carbonyl (C=O) groups excluding carboxylic acids is 1. The lowest BCUT2D eigenvalue weighted by atomic mass is 10.2. The van der Waals surface area contributed by atoms with E-state index >= 15 is 0 Å². The number of nitrogens with one attached hydrogen (secondary N) is 1. The van der Waals surface area contributed by atoms with Gasteiger partial charge in [0.05, 0.1) is 6.61 Å². The molecule has 110 valence electrons. The lowest BCUT2D eigenvalue weighted by Gasteiger charge is -2.20. The molecule has 1 aromatic rings. The van der Waals surface area contributed by atoms with E-state index in [2.05, 4.69) is 5.32 Å². The Morgan fingerprint density at radius 2 is 2.20 bits per heavy atom. The zero-order valence-corrected chi connectivity index (χ0v) is 13.2. The molecule has 7 heteroatoms. The van der Waals surface area contributed by atoms with Crippen LogP contribution in [-0.2, 0) is 14.4 Å². The standard InChI is InChI=1S/C13H17ClN2O3S/c1-4-18-12(17)8-19-16(3)13(20)15-11-7-10(14)6-5-9(11)2/h5-7H,4,8H2,1-3H3,(H,15,20). The van der Waals surface area contributed by atoms with Crippen molar-refractivity contribution < 1.29 is 14.4 Å². The molecule has 0 amide bonds. The second-order valence-electron chi connectivity index (χ2n) is 3.97. The minimum Gasteiger partial charge on any atom is -0.464 e. The number of hydrogen-bond acceptors (Lipinski definition) is 4. The third-order valence-electron chi connectivity index (χ3n) is 2.41. The molecule has 0 fully saturated rings. The molecule has 0 saturated heterocycles. The van der Waals surface area contributed by atoms with Crippen molar-refractivity contribution in [2.45, 2.75) is 13.8 Å². The number of hydrogen-bond donors (Lipinski definition) is 1. The van der Waals surface area contributed by atoms with Crippen LogP contribution in [-0.4, -0.2) is 36.4 Å². The summed E-state index contributed by atoms with van der Waals surface area (Å²) in [7, 11) is 1.61. The topological polar surface area (TPSA) is 50.8 Å². The number of anilines is 1. The summed E-state index contributed by atoms with van der Waals surface area (Å²) in [5, 5.41) is 5.23. The second-order valence-corrected chi connectivity index (χ2v) is 4.79. The van der Waals surface area contributed by atoms with E-state index in [-0.39, 0.29) is 6.61 Å². The molecule has 0 aromatic heterocycles. The molecule has 20 heavy (non-hydrogen) atoms. The summed E-state index contributed by atoms with van der Waals surface area (Å²) in [5.41, 5.74) is 1.78. The molecule has 0 bridgehead atoms. The van der Waals surface area contributed by atoms with E-state index in [1.54, 1.807) is 26.1 Å². The van der Waals surface area contributed by atoms with Crippen molar-refractivity contribution in [2.24, 2.45) is 0 Å². The largest absolute Gasteiger partial charge is 0.464 e. The number of aryl methyl sites for hydroxylation is 1. The zero-order chi connectivity index (χ0) is 15.1. The van der Waals surface area contributed by atoms with Gasteiger partial charge in [-0.15, -0.1) is 0 Å². The molecule has 0 aliphatic rings. The highest BCUT2D eigenvalue weighted by molar-refractivity contribution is 7.80. The quantitative estimate of drug-likeness (QED) is 0.512. The molecule has 0 aliphatic carbocycles. The first kappa shape index (κ1) is 16.7. The van der Waals surface area contributed by atoms with Gasteiger partial charge in [0.2, 0.25) is 0 Å². The summed E-state index contributed by atoms with van der Waals surface area (Å²) in [4.78, 5) is 16.4. The van der Waals surface area contributed by atoms with Gasteiger partial charge in [-0.05, 0) is 43.8 Å². The van der Waals surface area contributed by atoms with Gasteiger partial charge in [0.1, 0.15) is 0 Å². The van der Waals surface area contributed by atoms with Crippen LogP contribution in [0.3, 0.4) is 0 Å². The van der Waals surface area contributed by atoms with E-state index in [1.807, 2.05) is 13.0 Å².